The number of carbonyl (C=O) groups excluding carboxylic acids is 1. The number of amides is 1. The molecule has 1 atom stereocenters. The van der Waals surface area contributed by atoms with Crippen molar-refractivity contribution < 1.29 is 14.3 Å². The molecule has 1 aliphatic rings. The summed E-state index contributed by atoms with van der Waals surface area (Å²) in [5.74, 6) is 1.77. The molecule has 7 nitrogen and oxygen atoms in total. The number of nitrogens with zero attached hydrogens (tertiary/aromatic N) is 4. The zero-order chi connectivity index (χ0) is 23.5. The number of aryl methyl sites for hydroxylation is 2. The smallest absolute Gasteiger partial charge is 0.247 e. The van der Waals surface area contributed by atoms with Gasteiger partial charge in [-0.1, -0.05) is 49.4 Å². The molecule has 2 aromatic carbocycles. The van der Waals surface area contributed by atoms with Crippen LogP contribution in [-0.4, -0.2) is 33.4 Å². The molecule has 0 bridgehead atoms. The predicted octanol–water partition coefficient (Wildman–Crippen LogP) is 5.50. The normalized spacial score (nSPS) is 14.7. The molecule has 0 saturated carbocycles. The highest BCUT2D eigenvalue weighted by molar-refractivity contribution is 7.99. The van der Waals surface area contributed by atoms with E-state index >= 15 is 0 Å². The van der Waals surface area contributed by atoms with Crippen molar-refractivity contribution in [1.29, 1.82) is 0 Å². The van der Waals surface area contributed by atoms with E-state index in [1.165, 1.54) is 11.8 Å². The monoisotopic (exact) mass is 464 g/mol. The van der Waals surface area contributed by atoms with Crippen LogP contribution in [-0.2, 0) is 4.79 Å². The summed E-state index contributed by atoms with van der Waals surface area (Å²) in [7, 11) is 0. The summed E-state index contributed by atoms with van der Waals surface area (Å²) >= 11 is 1.49. The fraction of sp³-hybridized carbons (Fsp3) is 0.360. The van der Waals surface area contributed by atoms with Crippen molar-refractivity contribution in [3.05, 3.63) is 53.1 Å². The third-order valence-electron chi connectivity index (χ3n) is 5.36. The van der Waals surface area contributed by atoms with Gasteiger partial charge in [0, 0.05) is 12.0 Å². The topological polar surface area (TPSA) is 77.4 Å². The number of fused-ring (bicyclic) bond motifs is 3. The van der Waals surface area contributed by atoms with Gasteiger partial charge in [0.2, 0.25) is 23.2 Å². The van der Waals surface area contributed by atoms with Crippen LogP contribution in [0, 0.1) is 13.8 Å². The summed E-state index contributed by atoms with van der Waals surface area (Å²) in [6.07, 6.45) is -0.451. The molecule has 0 N–H and O–H groups in total. The van der Waals surface area contributed by atoms with E-state index in [0.717, 1.165) is 33.7 Å². The molecule has 172 valence electrons. The summed E-state index contributed by atoms with van der Waals surface area (Å²) < 4.78 is 12.4. The quantitative estimate of drug-likeness (QED) is 0.446. The molecule has 0 spiro atoms. The highest BCUT2D eigenvalue weighted by Crippen LogP contribution is 2.47. The Morgan fingerprint density at radius 2 is 1.94 bits per heavy atom. The molecule has 1 aromatic heterocycles. The van der Waals surface area contributed by atoms with Crippen LogP contribution >= 0.6 is 11.8 Å². The van der Waals surface area contributed by atoms with Gasteiger partial charge in [-0.15, -0.1) is 10.2 Å². The van der Waals surface area contributed by atoms with Gasteiger partial charge in [-0.25, -0.2) is 0 Å². The number of ether oxygens (including phenoxy) is 2. The second-order valence-corrected chi connectivity index (χ2v) is 8.95. The van der Waals surface area contributed by atoms with E-state index in [1.807, 2.05) is 65.0 Å². The maximum absolute atomic E-state index is 13.4. The molecule has 0 saturated heterocycles. The van der Waals surface area contributed by atoms with Crippen molar-refractivity contribution in [3.8, 4) is 22.9 Å². The standard InChI is InChI=1S/C25H28N4O3S/c1-6-20(30)29-22-16(5)13-15(4)14-18(22)21-23(26-25(28-27-21)33-8-3)32-24(29)17-11-9-10-12-19(17)31-7-2/h9-14,24H,6-8H2,1-5H3/t24-/m0/s1. The summed E-state index contributed by atoms with van der Waals surface area (Å²) in [6, 6.07) is 11.7. The average molecular weight is 465 g/mol. The van der Waals surface area contributed by atoms with E-state index in [4.69, 9.17) is 9.47 Å². The lowest BCUT2D eigenvalue weighted by Gasteiger charge is -2.32. The van der Waals surface area contributed by atoms with Gasteiger partial charge in [-0.2, -0.15) is 4.98 Å². The highest BCUT2D eigenvalue weighted by atomic mass is 32.2. The van der Waals surface area contributed by atoms with Gasteiger partial charge in [-0.3, -0.25) is 9.69 Å². The number of rotatable bonds is 6. The van der Waals surface area contributed by atoms with Crippen LogP contribution in [0.4, 0.5) is 5.69 Å². The molecule has 1 aliphatic heterocycles. The van der Waals surface area contributed by atoms with Crippen molar-refractivity contribution in [2.24, 2.45) is 0 Å². The van der Waals surface area contributed by atoms with Crippen LogP contribution < -0.4 is 14.4 Å². The molecule has 0 radical (unpaired) electrons. The molecule has 2 heterocycles. The van der Waals surface area contributed by atoms with Crippen molar-refractivity contribution in [2.75, 3.05) is 17.3 Å². The number of anilines is 1. The van der Waals surface area contributed by atoms with Gasteiger partial charge in [-0.05, 0) is 50.3 Å². The lowest BCUT2D eigenvalue weighted by atomic mass is 9.99. The summed E-state index contributed by atoms with van der Waals surface area (Å²) in [6.45, 7) is 10.3. The number of thioether (sulfide) groups is 1. The van der Waals surface area contributed by atoms with Gasteiger partial charge < -0.3 is 9.47 Å². The first kappa shape index (κ1) is 23.0. The van der Waals surface area contributed by atoms with Gasteiger partial charge in [0.25, 0.3) is 0 Å². The Labute approximate surface area is 198 Å². The number of aromatic nitrogens is 3. The molecule has 0 fully saturated rings. The van der Waals surface area contributed by atoms with Crippen LogP contribution in [0.1, 0.15) is 50.1 Å². The Balaban J connectivity index is 2.03. The first-order valence-corrected chi connectivity index (χ1v) is 12.2. The number of hydrogen-bond donors (Lipinski definition) is 0. The molecular formula is C25H28N4O3S. The fourth-order valence-corrected chi connectivity index (χ4v) is 4.58. The van der Waals surface area contributed by atoms with Crippen molar-refractivity contribution in [2.45, 2.75) is 52.4 Å². The lowest BCUT2D eigenvalue weighted by Crippen LogP contribution is -2.38. The Hall–Kier alpha value is -3.13. The molecule has 4 rings (SSSR count). The van der Waals surface area contributed by atoms with Crippen LogP contribution in [0.15, 0.2) is 41.6 Å². The number of benzene rings is 2. The molecule has 0 unspecified atom stereocenters. The summed E-state index contributed by atoms with van der Waals surface area (Å²) in [5.41, 5.74) is 4.84. The first-order valence-electron chi connectivity index (χ1n) is 11.2. The number of carbonyl (C=O) groups is 1. The van der Waals surface area contributed by atoms with Crippen LogP contribution in [0.25, 0.3) is 11.3 Å². The fourth-order valence-electron chi connectivity index (χ4n) is 4.08. The van der Waals surface area contributed by atoms with E-state index < -0.39 is 6.23 Å². The molecule has 3 aromatic rings. The minimum Gasteiger partial charge on any atom is -0.493 e. The van der Waals surface area contributed by atoms with Gasteiger partial charge in [0.15, 0.2) is 5.69 Å². The van der Waals surface area contributed by atoms with Gasteiger partial charge in [0.1, 0.15) is 5.75 Å². The summed E-state index contributed by atoms with van der Waals surface area (Å²) in [4.78, 5) is 19.8. The van der Waals surface area contributed by atoms with Crippen LogP contribution in [0.2, 0.25) is 0 Å². The summed E-state index contributed by atoms with van der Waals surface area (Å²) in [5, 5.41) is 9.35. The Morgan fingerprint density at radius 1 is 1.15 bits per heavy atom. The van der Waals surface area contributed by atoms with E-state index in [0.29, 0.717) is 35.5 Å². The zero-order valence-electron chi connectivity index (χ0n) is 19.6. The minimum absolute atomic E-state index is 0.0663. The van der Waals surface area contributed by atoms with Crippen molar-refractivity contribution >= 4 is 23.4 Å². The minimum atomic E-state index is -0.766. The molecule has 0 aliphatic carbocycles. The Morgan fingerprint density at radius 3 is 2.67 bits per heavy atom. The van der Waals surface area contributed by atoms with Crippen molar-refractivity contribution in [1.82, 2.24) is 15.2 Å². The largest absolute Gasteiger partial charge is 0.493 e. The van der Waals surface area contributed by atoms with Crippen LogP contribution in [0.3, 0.4) is 0 Å². The molecular weight excluding hydrogens is 436 g/mol. The molecule has 8 heteroatoms. The highest BCUT2D eigenvalue weighted by Gasteiger charge is 2.37. The van der Waals surface area contributed by atoms with Gasteiger partial charge >= 0.3 is 0 Å². The number of hydrogen-bond acceptors (Lipinski definition) is 7. The lowest BCUT2D eigenvalue weighted by molar-refractivity contribution is -0.120. The predicted molar refractivity (Wildman–Crippen MR) is 130 cm³/mol. The third kappa shape index (κ3) is 4.39. The number of para-hydroxylation sites is 1. The van der Waals surface area contributed by atoms with E-state index in [9.17, 15) is 4.79 Å². The zero-order valence-corrected chi connectivity index (χ0v) is 20.4. The molecule has 1 amide bonds. The first-order chi connectivity index (χ1) is 16.0. The van der Waals surface area contributed by atoms with E-state index in [2.05, 4.69) is 21.2 Å². The maximum Gasteiger partial charge on any atom is 0.247 e. The second-order valence-electron chi connectivity index (χ2n) is 7.72. The molecule has 33 heavy (non-hydrogen) atoms. The third-order valence-corrected chi connectivity index (χ3v) is 6.08. The van der Waals surface area contributed by atoms with Crippen molar-refractivity contribution in [3.63, 3.8) is 0 Å². The van der Waals surface area contributed by atoms with E-state index in [1.54, 1.807) is 4.90 Å². The van der Waals surface area contributed by atoms with Gasteiger partial charge in [0.05, 0.1) is 17.9 Å². The van der Waals surface area contributed by atoms with E-state index in [-0.39, 0.29) is 5.91 Å². The Bertz CT molecular complexity index is 1180. The second kappa shape index (κ2) is 9.79. The Kier molecular flexibility index (Phi) is 6.83. The average Bonchev–Trinajstić information content (AvgIpc) is 2.94. The maximum atomic E-state index is 13.4. The SMILES string of the molecule is CCOc1ccccc1[C@@H]1Oc2nc(SCC)nnc2-c2cc(C)cc(C)c2N1C(=O)CC. The van der Waals surface area contributed by atoms with Crippen LogP contribution in [0.5, 0.6) is 11.6 Å².